The van der Waals surface area contributed by atoms with E-state index in [0.717, 1.165) is 17.7 Å². The van der Waals surface area contributed by atoms with Crippen molar-refractivity contribution in [2.45, 2.75) is 45.1 Å². The summed E-state index contributed by atoms with van der Waals surface area (Å²) in [5.41, 5.74) is 1.68. The molecule has 1 aliphatic carbocycles. The molecule has 2 rings (SSSR count). The van der Waals surface area contributed by atoms with E-state index in [1.807, 2.05) is 24.3 Å². The number of urea groups is 1. The summed E-state index contributed by atoms with van der Waals surface area (Å²) in [5.74, 6) is 0.601. The molecule has 0 saturated heterocycles. The quantitative estimate of drug-likeness (QED) is 0.896. The van der Waals surface area contributed by atoms with Gasteiger partial charge in [-0.25, -0.2) is 4.79 Å². The number of amides is 3. The molecule has 0 heterocycles. The van der Waals surface area contributed by atoms with Crippen LogP contribution in [0.15, 0.2) is 24.3 Å². The van der Waals surface area contributed by atoms with E-state index < -0.39 is 0 Å². The molecule has 126 valence electrons. The number of nitrogens with one attached hydrogen (secondary N) is 2. The molecule has 0 aliphatic heterocycles. The van der Waals surface area contributed by atoms with E-state index >= 15 is 0 Å². The summed E-state index contributed by atoms with van der Waals surface area (Å²) in [4.78, 5) is 25.3. The average Bonchev–Trinajstić information content (AvgIpc) is 2.51. The number of hydrogen-bond donors (Lipinski definition) is 2. The number of benzene rings is 1. The Morgan fingerprint density at radius 3 is 2.39 bits per heavy atom. The lowest BCUT2D eigenvalue weighted by Crippen LogP contribution is -2.43. The van der Waals surface area contributed by atoms with Crippen LogP contribution < -0.4 is 10.6 Å². The van der Waals surface area contributed by atoms with Gasteiger partial charge < -0.3 is 15.5 Å². The highest BCUT2D eigenvalue weighted by Gasteiger charge is 2.22. The molecular formula is C18H27N3O2. The van der Waals surface area contributed by atoms with Gasteiger partial charge in [-0.3, -0.25) is 4.79 Å². The minimum absolute atomic E-state index is 0.0646. The van der Waals surface area contributed by atoms with Crippen molar-refractivity contribution in [1.82, 2.24) is 10.2 Å². The summed E-state index contributed by atoms with van der Waals surface area (Å²) in [6, 6.07) is 7.53. The lowest BCUT2D eigenvalue weighted by Gasteiger charge is -2.29. The van der Waals surface area contributed by atoms with E-state index in [1.54, 1.807) is 19.0 Å². The number of nitrogens with zero attached hydrogens (tertiary/aromatic N) is 1. The number of likely N-dealkylation sites (N-methyl/N-ethyl adjacent to an activating group) is 1. The summed E-state index contributed by atoms with van der Waals surface area (Å²) in [6.07, 6.45) is 5.05. The molecule has 0 bridgehead atoms. The van der Waals surface area contributed by atoms with Crippen LogP contribution in [0.4, 0.5) is 10.5 Å². The molecule has 2 unspecified atom stereocenters. The van der Waals surface area contributed by atoms with Gasteiger partial charge in [-0.1, -0.05) is 31.9 Å². The molecule has 2 atom stereocenters. The first-order chi connectivity index (χ1) is 11.0. The molecule has 23 heavy (non-hydrogen) atoms. The Hall–Kier alpha value is -2.04. The molecule has 0 spiro atoms. The smallest absolute Gasteiger partial charge is 0.319 e. The summed E-state index contributed by atoms with van der Waals surface area (Å²) >= 11 is 0. The standard InChI is InChI=1S/C18H27N3O2/c1-13-6-4-5-7-16(13)20-18(23)19-15-10-8-14(9-11-15)12-17(22)21(2)3/h8-11,13,16H,4-7,12H2,1-3H3,(H2,19,20,23). The van der Waals surface area contributed by atoms with Gasteiger partial charge in [0.1, 0.15) is 0 Å². The third-order valence-electron chi connectivity index (χ3n) is 4.49. The Kier molecular flexibility index (Phi) is 6.02. The zero-order chi connectivity index (χ0) is 16.8. The van der Waals surface area contributed by atoms with Gasteiger partial charge in [-0.2, -0.15) is 0 Å². The molecule has 5 heteroatoms. The fourth-order valence-electron chi connectivity index (χ4n) is 2.90. The molecule has 1 fully saturated rings. The van der Waals surface area contributed by atoms with Crippen molar-refractivity contribution in [2.75, 3.05) is 19.4 Å². The molecule has 1 aromatic carbocycles. The maximum Gasteiger partial charge on any atom is 0.319 e. The molecular weight excluding hydrogens is 290 g/mol. The third-order valence-corrected chi connectivity index (χ3v) is 4.49. The van der Waals surface area contributed by atoms with Gasteiger partial charge in [-0.05, 0) is 36.5 Å². The van der Waals surface area contributed by atoms with Gasteiger partial charge in [-0.15, -0.1) is 0 Å². The van der Waals surface area contributed by atoms with Crippen LogP contribution in [0.2, 0.25) is 0 Å². The van der Waals surface area contributed by atoms with Crippen LogP contribution in [-0.4, -0.2) is 37.0 Å². The van der Waals surface area contributed by atoms with E-state index in [0.29, 0.717) is 12.3 Å². The van der Waals surface area contributed by atoms with Crippen LogP contribution in [-0.2, 0) is 11.2 Å². The Morgan fingerprint density at radius 2 is 1.78 bits per heavy atom. The van der Waals surface area contributed by atoms with E-state index in [9.17, 15) is 9.59 Å². The molecule has 3 amide bonds. The summed E-state index contributed by atoms with van der Waals surface area (Å²) in [6.45, 7) is 2.20. The van der Waals surface area contributed by atoms with Gasteiger partial charge in [0.25, 0.3) is 0 Å². The van der Waals surface area contributed by atoms with Gasteiger partial charge in [0.2, 0.25) is 5.91 Å². The first-order valence-electron chi connectivity index (χ1n) is 8.32. The average molecular weight is 317 g/mol. The predicted octanol–water partition coefficient (Wildman–Crippen LogP) is 3.02. The lowest BCUT2D eigenvalue weighted by atomic mass is 9.86. The van der Waals surface area contributed by atoms with E-state index in [2.05, 4.69) is 17.6 Å². The highest BCUT2D eigenvalue weighted by molar-refractivity contribution is 5.89. The maximum atomic E-state index is 12.1. The van der Waals surface area contributed by atoms with Gasteiger partial charge >= 0.3 is 6.03 Å². The van der Waals surface area contributed by atoms with Gasteiger partial charge in [0.15, 0.2) is 0 Å². The second kappa shape index (κ2) is 7.99. The minimum Gasteiger partial charge on any atom is -0.349 e. The minimum atomic E-state index is -0.152. The van der Waals surface area contributed by atoms with Crippen LogP contribution in [0.1, 0.15) is 38.2 Å². The zero-order valence-corrected chi connectivity index (χ0v) is 14.3. The van der Waals surface area contributed by atoms with Crippen LogP contribution in [0.5, 0.6) is 0 Å². The molecule has 0 aromatic heterocycles. The van der Waals surface area contributed by atoms with E-state index in [4.69, 9.17) is 0 Å². The van der Waals surface area contributed by atoms with Crippen LogP contribution in [0.3, 0.4) is 0 Å². The Balaban J connectivity index is 1.85. The third kappa shape index (κ3) is 5.27. The number of hydrogen-bond acceptors (Lipinski definition) is 2. The van der Waals surface area contributed by atoms with Crippen molar-refractivity contribution in [1.29, 1.82) is 0 Å². The van der Waals surface area contributed by atoms with E-state index in [1.165, 1.54) is 19.3 Å². The second-order valence-corrected chi connectivity index (χ2v) is 6.63. The summed E-state index contributed by atoms with van der Waals surface area (Å²) < 4.78 is 0. The van der Waals surface area contributed by atoms with Crippen molar-refractivity contribution in [2.24, 2.45) is 5.92 Å². The van der Waals surface area contributed by atoms with Crippen LogP contribution >= 0.6 is 0 Å². The summed E-state index contributed by atoms with van der Waals surface area (Å²) in [5, 5.41) is 5.94. The van der Waals surface area contributed by atoms with Crippen molar-refractivity contribution in [3.63, 3.8) is 0 Å². The highest BCUT2D eigenvalue weighted by Crippen LogP contribution is 2.23. The zero-order valence-electron chi connectivity index (χ0n) is 14.3. The molecule has 1 aromatic rings. The van der Waals surface area contributed by atoms with Crippen molar-refractivity contribution in [3.05, 3.63) is 29.8 Å². The number of anilines is 1. The largest absolute Gasteiger partial charge is 0.349 e. The van der Waals surface area contributed by atoms with Crippen molar-refractivity contribution < 1.29 is 9.59 Å². The Morgan fingerprint density at radius 1 is 1.13 bits per heavy atom. The second-order valence-electron chi connectivity index (χ2n) is 6.63. The Bertz CT molecular complexity index is 540. The number of rotatable bonds is 4. The first-order valence-corrected chi connectivity index (χ1v) is 8.32. The monoisotopic (exact) mass is 317 g/mol. The van der Waals surface area contributed by atoms with Gasteiger partial charge in [0, 0.05) is 25.8 Å². The molecule has 1 aliphatic rings. The van der Waals surface area contributed by atoms with E-state index in [-0.39, 0.29) is 18.0 Å². The Labute approximate surface area is 138 Å². The van der Waals surface area contributed by atoms with Crippen molar-refractivity contribution in [3.8, 4) is 0 Å². The topological polar surface area (TPSA) is 61.4 Å². The molecule has 2 N–H and O–H groups in total. The lowest BCUT2D eigenvalue weighted by molar-refractivity contribution is -0.127. The van der Waals surface area contributed by atoms with Crippen LogP contribution in [0, 0.1) is 5.92 Å². The normalized spacial score (nSPS) is 20.7. The number of carbonyl (C=O) groups is 2. The predicted molar refractivity (Wildman–Crippen MR) is 92.4 cm³/mol. The SMILES string of the molecule is CC1CCCCC1NC(=O)Nc1ccc(CC(=O)N(C)C)cc1. The molecule has 0 radical (unpaired) electrons. The fourth-order valence-corrected chi connectivity index (χ4v) is 2.90. The maximum absolute atomic E-state index is 12.1. The van der Waals surface area contributed by atoms with Gasteiger partial charge in [0.05, 0.1) is 6.42 Å². The van der Waals surface area contributed by atoms with Crippen LogP contribution in [0.25, 0.3) is 0 Å². The first kappa shape index (κ1) is 17.3. The highest BCUT2D eigenvalue weighted by atomic mass is 16.2. The molecule has 1 saturated carbocycles. The molecule has 5 nitrogen and oxygen atoms in total. The van der Waals surface area contributed by atoms with Crippen molar-refractivity contribution >= 4 is 17.6 Å². The summed E-state index contributed by atoms with van der Waals surface area (Å²) in [7, 11) is 3.49. The fraction of sp³-hybridized carbons (Fsp3) is 0.556. The number of carbonyl (C=O) groups excluding carboxylic acids is 2.